The Hall–Kier alpha value is -2.95. The highest BCUT2D eigenvalue weighted by molar-refractivity contribution is 6.07. The third-order valence-electron chi connectivity index (χ3n) is 5.61. The smallest absolute Gasteiger partial charge is 0.321 e. The maximum atomic E-state index is 12.8. The van der Waals surface area contributed by atoms with E-state index in [1.54, 1.807) is 6.21 Å². The van der Waals surface area contributed by atoms with E-state index in [1.165, 1.54) is 0 Å². The van der Waals surface area contributed by atoms with Gasteiger partial charge in [0.25, 0.3) is 5.91 Å². The van der Waals surface area contributed by atoms with Gasteiger partial charge in [-0.15, -0.1) is 5.01 Å². The van der Waals surface area contributed by atoms with Crippen LogP contribution in [0.2, 0.25) is 0 Å². The molecule has 0 unspecified atom stereocenters. The van der Waals surface area contributed by atoms with Gasteiger partial charge in [-0.1, -0.05) is 61.5 Å². The molecule has 1 saturated heterocycles. The van der Waals surface area contributed by atoms with Crippen LogP contribution in [-0.4, -0.2) is 28.7 Å². The summed E-state index contributed by atoms with van der Waals surface area (Å²) in [4.78, 5) is 25.1. The van der Waals surface area contributed by atoms with Gasteiger partial charge >= 0.3 is 6.03 Å². The first-order valence-corrected chi connectivity index (χ1v) is 9.44. The van der Waals surface area contributed by atoms with E-state index in [0.717, 1.165) is 34.5 Å². The van der Waals surface area contributed by atoms with Crippen molar-refractivity contribution >= 4 is 18.2 Å². The van der Waals surface area contributed by atoms with Crippen molar-refractivity contribution in [1.29, 1.82) is 0 Å². The molecule has 138 valence electrons. The Morgan fingerprint density at radius 2 is 1.63 bits per heavy atom. The second-order valence-corrected chi connectivity index (χ2v) is 7.54. The third kappa shape index (κ3) is 3.37. The monoisotopic (exact) mass is 361 g/mol. The molecule has 2 aromatic rings. The molecule has 2 fully saturated rings. The Labute approximate surface area is 159 Å². The van der Waals surface area contributed by atoms with Gasteiger partial charge in [0.15, 0.2) is 0 Å². The summed E-state index contributed by atoms with van der Waals surface area (Å²) in [6.45, 7) is 2.18. The van der Waals surface area contributed by atoms with E-state index in [1.807, 2.05) is 42.5 Å². The predicted molar refractivity (Wildman–Crippen MR) is 105 cm³/mol. The fourth-order valence-corrected chi connectivity index (χ4v) is 3.82. The fourth-order valence-electron chi connectivity index (χ4n) is 3.82. The zero-order chi connectivity index (χ0) is 18.9. The van der Waals surface area contributed by atoms with E-state index >= 15 is 0 Å². The quantitative estimate of drug-likeness (QED) is 0.658. The Morgan fingerprint density at radius 1 is 1.00 bits per heavy atom. The molecule has 1 aliphatic carbocycles. The highest BCUT2D eigenvalue weighted by Crippen LogP contribution is 2.36. The number of hydrogen-bond donors (Lipinski definition) is 1. The maximum absolute atomic E-state index is 12.8. The maximum Gasteiger partial charge on any atom is 0.346 e. The number of hydrogen-bond acceptors (Lipinski definition) is 3. The molecule has 2 aliphatic rings. The zero-order valence-corrected chi connectivity index (χ0v) is 15.4. The number of carbonyl (C=O) groups is 2. The third-order valence-corrected chi connectivity index (χ3v) is 5.61. The lowest BCUT2D eigenvalue weighted by Gasteiger charge is -2.33. The van der Waals surface area contributed by atoms with Gasteiger partial charge < -0.3 is 5.32 Å². The Bertz CT molecular complexity index is 866. The molecule has 1 saturated carbocycles. The van der Waals surface area contributed by atoms with E-state index < -0.39 is 11.6 Å². The molecule has 1 spiro atoms. The molecular formula is C22H23N3O2. The van der Waals surface area contributed by atoms with E-state index in [4.69, 9.17) is 0 Å². The van der Waals surface area contributed by atoms with E-state index in [9.17, 15) is 9.59 Å². The first-order chi connectivity index (χ1) is 13.1. The summed E-state index contributed by atoms with van der Waals surface area (Å²) in [6.07, 6.45) is 4.85. The van der Waals surface area contributed by atoms with Gasteiger partial charge in [-0.05, 0) is 48.3 Å². The van der Waals surface area contributed by atoms with Crippen molar-refractivity contribution in [3.8, 4) is 11.1 Å². The molecule has 2 aromatic carbocycles. The minimum absolute atomic E-state index is 0.225. The molecular weight excluding hydrogens is 338 g/mol. The van der Waals surface area contributed by atoms with Crippen LogP contribution in [0, 0.1) is 5.92 Å². The van der Waals surface area contributed by atoms with Crippen molar-refractivity contribution < 1.29 is 9.59 Å². The molecule has 0 radical (unpaired) electrons. The highest BCUT2D eigenvalue weighted by atomic mass is 16.2. The number of nitrogens with one attached hydrogen (secondary N) is 1. The van der Waals surface area contributed by atoms with Crippen LogP contribution >= 0.6 is 0 Å². The second-order valence-electron chi connectivity index (χ2n) is 7.54. The number of carbonyl (C=O) groups excluding carboxylic acids is 2. The summed E-state index contributed by atoms with van der Waals surface area (Å²) in [5, 5.41) is 8.04. The number of urea groups is 1. The van der Waals surface area contributed by atoms with Crippen molar-refractivity contribution in [2.24, 2.45) is 11.0 Å². The van der Waals surface area contributed by atoms with Gasteiger partial charge in [-0.25, -0.2) is 4.79 Å². The molecule has 1 aliphatic heterocycles. The molecule has 5 nitrogen and oxygen atoms in total. The van der Waals surface area contributed by atoms with Gasteiger partial charge in [-0.2, -0.15) is 5.10 Å². The predicted octanol–water partition coefficient (Wildman–Crippen LogP) is 4.19. The highest BCUT2D eigenvalue weighted by Gasteiger charge is 2.52. The minimum atomic E-state index is -0.752. The SMILES string of the molecule is CC1CCC2(CC1)NC(=O)N(/N=C\c1ccc(-c3ccccc3)cc1)C2=O. The molecule has 3 amide bonds. The van der Waals surface area contributed by atoms with Crippen LogP contribution < -0.4 is 5.32 Å². The van der Waals surface area contributed by atoms with Crippen molar-refractivity contribution in [3.05, 3.63) is 60.2 Å². The average Bonchev–Trinajstić information content (AvgIpc) is 2.93. The van der Waals surface area contributed by atoms with Crippen LogP contribution in [0.5, 0.6) is 0 Å². The molecule has 0 bridgehead atoms. The van der Waals surface area contributed by atoms with Crippen LogP contribution in [0.25, 0.3) is 11.1 Å². The van der Waals surface area contributed by atoms with Crippen molar-refractivity contribution in [3.63, 3.8) is 0 Å². The number of imide groups is 1. The van der Waals surface area contributed by atoms with Crippen molar-refractivity contribution in [1.82, 2.24) is 10.3 Å². The van der Waals surface area contributed by atoms with Gasteiger partial charge in [0.2, 0.25) is 0 Å². The molecule has 1 heterocycles. The van der Waals surface area contributed by atoms with Gasteiger partial charge in [-0.3, -0.25) is 4.79 Å². The number of hydrazone groups is 1. The summed E-state index contributed by atoms with van der Waals surface area (Å²) in [5.74, 6) is 0.373. The van der Waals surface area contributed by atoms with Gasteiger partial charge in [0, 0.05) is 0 Å². The van der Waals surface area contributed by atoms with Crippen molar-refractivity contribution in [2.75, 3.05) is 0 Å². The van der Waals surface area contributed by atoms with E-state index in [0.29, 0.717) is 18.8 Å². The lowest BCUT2D eigenvalue weighted by molar-refractivity contribution is -0.132. The molecule has 27 heavy (non-hydrogen) atoms. The summed E-state index contributed by atoms with van der Waals surface area (Å²) in [5.41, 5.74) is 2.34. The largest absolute Gasteiger partial charge is 0.346 e. The molecule has 5 heteroatoms. The molecule has 0 atom stereocenters. The van der Waals surface area contributed by atoms with Crippen LogP contribution in [0.1, 0.15) is 38.2 Å². The first-order valence-electron chi connectivity index (χ1n) is 9.44. The molecule has 4 rings (SSSR count). The number of nitrogens with zero attached hydrogens (tertiary/aromatic N) is 2. The number of benzene rings is 2. The normalized spacial score (nSPS) is 25.4. The standard InChI is InChI=1S/C22H23N3O2/c1-16-11-13-22(14-12-16)20(26)25(21(27)24-22)23-15-17-7-9-19(10-8-17)18-5-3-2-4-6-18/h2-10,15-16H,11-14H2,1H3,(H,24,27)/b23-15-. The van der Waals surface area contributed by atoms with Gasteiger partial charge in [0.05, 0.1) is 6.21 Å². The summed E-state index contributed by atoms with van der Waals surface area (Å²) >= 11 is 0. The number of amides is 3. The Balaban J connectivity index is 1.48. The fraction of sp³-hybridized carbons (Fsp3) is 0.318. The second kappa shape index (κ2) is 6.99. The van der Waals surface area contributed by atoms with Crippen LogP contribution in [-0.2, 0) is 4.79 Å². The van der Waals surface area contributed by atoms with E-state index in [-0.39, 0.29) is 5.91 Å². The minimum Gasteiger partial charge on any atom is -0.321 e. The van der Waals surface area contributed by atoms with Crippen LogP contribution in [0.4, 0.5) is 4.79 Å². The topological polar surface area (TPSA) is 61.8 Å². The molecule has 0 aromatic heterocycles. The first kappa shape index (κ1) is 17.5. The summed E-state index contributed by atoms with van der Waals surface area (Å²) in [7, 11) is 0. The summed E-state index contributed by atoms with van der Waals surface area (Å²) < 4.78 is 0. The Kier molecular flexibility index (Phi) is 4.52. The lowest BCUT2D eigenvalue weighted by atomic mass is 9.77. The zero-order valence-electron chi connectivity index (χ0n) is 15.4. The Morgan fingerprint density at radius 3 is 2.30 bits per heavy atom. The molecule has 1 N–H and O–H groups in total. The van der Waals surface area contributed by atoms with Crippen LogP contribution in [0.3, 0.4) is 0 Å². The van der Waals surface area contributed by atoms with Gasteiger partial charge in [0.1, 0.15) is 5.54 Å². The summed E-state index contributed by atoms with van der Waals surface area (Å²) in [6, 6.07) is 17.6. The average molecular weight is 361 g/mol. The van der Waals surface area contributed by atoms with E-state index in [2.05, 4.69) is 29.5 Å². The van der Waals surface area contributed by atoms with Crippen LogP contribution in [0.15, 0.2) is 59.7 Å². The lowest BCUT2D eigenvalue weighted by Crippen LogP contribution is -2.49. The number of rotatable bonds is 3. The van der Waals surface area contributed by atoms with Crippen molar-refractivity contribution in [2.45, 2.75) is 38.1 Å².